The molecular weight excluding hydrogens is 318 g/mol. The fourth-order valence-electron chi connectivity index (χ4n) is 1.83. The zero-order valence-corrected chi connectivity index (χ0v) is 12.9. The third-order valence-electron chi connectivity index (χ3n) is 2.92. The van der Waals surface area contributed by atoms with Gasteiger partial charge in [-0.3, -0.25) is 4.98 Å². The van der Waals surface area contributed by atoms with E-state index in [2.05, 4.69) is 31.5 Å². The number of carbonyl (C=O) groups is 1. The molecule has 20 heavy (non-hydrogen) atoms. The summed E-state index contributed by atoms with van der Waals surface area (Å²) in [4.78, 5) is 16.2. The second kappa shape index (κ2) is 6.52. The Morgan fingerprint density at radius 3 is 2.75 bits per heavy atom. The van der Waals surface area contributed by atoms with Gasteiger partial charge in [0, 0.05) is 16.4 Å². The van der Waals surface area contributed by atoms with E-state index in [1.807, 2.05) is 50.2 Å². The summed E-state index contributed by atoms with van der Waals surface area (Å²) in [6.07, 6.45) is 1.71. The number of aryl methyl sites for hydroxylation is 1. The van der Waals surface area contributed by atoms with Crippen molar-refractivity contribution in [1.29, 1.82) is 0 Å². The van der Waals surface area contributed by atoms with Crippen molar-refractivity contribution in [2.24, 2.45) is 0 Å². The van der Waals surface area contributed by atoms with E-state index in [1.165, 1.54) is 0 Å². The molecule has 0 unspecified atom stereocenters. The van der Waals surface area contributed by atoms with Gasteiger partial charge in [0.2, 0.25) is 0 Å². The van der Waals surface area contributed by atoms with E-state index < -0.39 is 0 Å². The molecular formula is C15H16BrN3O. The van der Waals surface area contributed by atoms with Crippen LogP contribution in [0.15, 0.2) is 47.1 Å². The third kappa shape index (κ3) is 3.81. The summed E-state index contributed by atoms with van der Waals surface area (Å²) in [6.45, 7) is 3.85. The van der Waals surface area contributed by atoms with Crippen molar-refractivity contribution in [3.05, 3.63) is 58.3 Å². The third-order valence-corrected chi connectivity index (χ3v) is 3.41. The van der Waals surface area contributed by atoms with Gasteiger partial charge in [-0.1, -0.05) is 22.0 Å². The minimum absolute atomic E-state index is 0.146. The van der Waals surface area contributed by atoms with E-state index in [4.69, 9.17) is 0 Å². The Morgan fingerprint density at radius 2 is 2.10 bits per heavy atom. The van der Waals surface area contributed by atoms with E-state index in [0.717, 1.165) is 21.4 Å². The average Bonchev–Trinajstić information content (AvgIpc) is 2.43. The monoisotopic (exact) mass is 333 g/mol. The van der Waals surface area contributed by atoms with Crippen molar-refractivity contribution in [3.63, 3.8) is 0 Å². The van der Waals surface area contributed by atoms with Gasteiger partial charge >= 0.3 is 6.03 Å². The van der Waals surface area contributed by atoms with Gasteiger partial charge in [0.25, 0.3) is 0 Å². The lowest BCUT2D eigenvalue weighted by Gasteiger charge is -2.15. The topological polar surface area (TPSA) is 54.0 Å². The number of nitrogens with zero attached hydrogens (tertiary/aromatic N) is 1. The van der Waals surface area contributed by atoms with Crippen molar-refractivity contribution < 1.29 is 4.79 Å². The molecule has 0 radical (unpaired) electrons. The molecule has 0 aliphatic heterocycles. The molecule has 5 heteroatoms. The van der Waals surface area contributed by atoms with E-state index in [1.54, 1.807) is 6.20 Å². The predicted octanol–water partition coefficient (Wildman–Crippen LogP) is 4.04. The number of anilines is 1. The van der Waals surface area contributed by atoms with Crippen LogP contribution in [0.5, 0.6) is 0 Å². The van der Waals surface area contributed by atoms with Crippen LogP contribution in [0.25, 0.3) is 0 Å². The number of hydrogen-bond acceptors (Lipinski definition) is 2. The second-order valence-corrected chi connectivity index (χ2v) is 5.45. The van der Waals surface area contributed by atoms with Crippen molar-refractivity contribution in [3.8, 4) is 0 Å². The molecule has 0 spiro atoms. The molecule has 1 atom stereocenters. The average molecular weight is 334 g/mol. The van der Waals surface area contributed by atoms with Gasteiger partial charge in [-0.2, -0.15) is 0 Å². The van der Waals surface area contributed by atoms with Gasteiger partial charge in [0.15, 0.2) is 0 Å². The normalized spacial score (nSPS) is 11.8. The quantitative estimate of drug-likeness (QED) is 0.890. The minimum Gasteiger partial charge on any atom is -0.330 e. The van der Waals surface area contributed by atoms with Crippen LogP contribution >= 0.6 is 15.9 Å². The Labute approximate surface area is 126 Å². The molecule has 1 aromatic heterocycles. The lowest BCUT2D eigenvalue weighted by atomic mass is 10.2. The standard InChI is InChI=1S/C15H16BrN3O/c1-10-9-12(16)6-7-13(10)19-15(20)18-11(2)14-5-3-4-8-17-14/h3-9,11H,1-2H3,(H2,18,19,20)/t11-/m1/s1. The molecule has 0 fully saturated rings. The number of halogens is 1. The van der Waals surface area contributed by atoms with Gasteiger partial charge in [-0.25, -0.2) is 4.79 Å². The van der Waals surface area contributed by atoms with E-state index in [-0.39, 0.29) is 12.1 Å². The summed E-state index contributed by atoms with van der Waals surface area (Å²) in [5, 5.41) is 5.70. The van der Waals surface area contributed by atoms with Gasteiger partial charge < -0.3 is 10.6 Å². The lowest BCUT2D eigenvalue weighted by Crippen LogP contribution is -2.31. The van der Waals surface area contributed by atoms with Crippen LogP contribution in [0.1, 0.15) is 24.2 Å². The number of amides is 2. The van der Waals surface area contributed by atoms with E-state index >= 15 is 0 Å². The van der Waals surface area contributed by atoms with Gasteiger partial charge in [0.1, 0.15) is 0 Å². The summed E-state index contributed by atoms with van der Waals surface area (Å²) in [5.41, 5.74) is 2.62. The molecule has 2 aromatic rings. The summed E-state index contributed by atoms with van der Waals surface area (Å²) in [6, 6.07) is 11.0. The molecule has 0 saturated carbocycles. The molecule has 0 saturated heterocycles. The van der Waals surface area contributed by atoms with Crippen molar-refractivity contribution in [1.82, 2.24) is 10.3 Å². The Hall–Kier alpha value is -1.88. The first-order valence-corrected chi connectivity index (χ1v) is 7.10. The lowest BCUT2D eigenvalue weighted by molar-refractivity contribution is 0.249. The Kier molecular flexibility index (Phi) is 4.74. The van der Waals surface area contributed by atoms with E-state index in [9.17, 15) is 4.79 Å². The highest BCUT2D eigenvalue weighted by atomic mass is 79.9. The molecule has 0 aliphatic carbocycles. The molecule has 2 N–H and O–H groups in total. The molecule has 1 aromatic carbocycles. The molecule has 2 amide bonds. The zero-order chi connectivity index (χ0) is 14.5. The highest BCUT2D eigenvalue weighted by Crippen LogP contribution is 2.20. The Morgan fingerprint density at radius 1 is 1.30 bits per heavy atom. The molecule has 2 rings (SSSR count). The van der Waals surface area contributed by atoms with Gasteiger partial charge in [-0.05, 0) is 49.7 Å². The summed E-state index contributed by atoms with van der Waals surface area (Å²) < 4.78 is 0.989. The van der Waals surface area contributed by atoms with Crippen molar-refractivity contribution in [2.75, 3.05) is 5.32 Å². The maximum atomic E-state index is 12.0. The molecule has 0 bridgehead atoms. The molecule has 104 valence electrons. The Bertz CT molecular complexity index is 601. The number of nitrogens with one attached hydrogen (secondary N) is 2. The van der Waals surface area contributed by atoms with Crippen LogP contribution in [0.3, 0.4) is 0 Å². The van der Waals surface area contributed by atoms with Crippen molar-refractivity contribution in [2.45, 2.75) is 19.9 Å². The maximum absolute atomic E-state index is 12.0. The predicted molar refractivity (Wildman–Crippen MR) is 83.7 cm³/mol. The number of hydrogen-bond donors (Lipinski definition) is 2. The fourth-order valence-corrected chi connectivity index (χ4v) is 2.30. The highest BCUT2D eigenvalue weighted by Gasteiger charge is 2.11. The maximum Gasteiger partial charge on any atom is 0.319 e. The van der Waals surface area contributed by atoms with Gasteiger partial charge in [-0.15, -0.1) is 0 Å². The number of carbonyl (C=O) groups excluding carboxylic acids is 1. The van der Waals surface area contributed by atoms with Crippen molar-refractivity contribution >= 4 is 27.6 Å². The van der Waals surface area contributed by atoms with Gasteiger partial charge in [0.05, 0.1) is 11.7 Å². The number of benzene rings is 1. The fraction of sp³-hybridized carbons (Fsp3) is 0.200. The van der Waals surface area contributed by atoms with Crippen LogP contribution in [0.2, 0.25) is 0 Å². The highest BCUT2D eigenvalue weighted by molar-refractivity contribution is 9.10. The molecule has 1 heterocycles. The van der Waals surface area contributed by atoms with Crippen LogP contribution < -0.4 is 10.6 Å². The summed E-state index contributed by atoms with van der Waals surface area (Å²) >= 11 is 3.40. The number of rotatable bonds is 3. The summed E-state index contributed by atoms with van der Waals surface area (Å²) in [5.74, 6) is 0. The summed E-state index contributed by atoms with van der Waals surface area (Å²) in [7, 11) is 0. The van der Waals surface area contributed by atoms with E-state index in [0.29, 0.717) is 0 Å². The number of pyridine rings is 1. The molecule has 4 nitrogen and oxygen atoms in total. The first-order chi connectivity index (χ1) is 9.56. The van der Waals surface area contributed by atoms with Crippen LogP contribution in [-0.4, -0.2) is 11.0 Å². The number of urea groups is 1. The zero-order valence-electron chi connectivity index (χ0n) is 11.4. The largest absolute Gasteiger partial charge is 0.330 e. The minimum atomic E-state index is -0.242. The van der Waals surface area contributed by atoms with Crippen LogP contribution in [0.4, 0.5) is 10.5 Å². The SMILES string of the molecule is Cc1cc(Br)ccc1NC(=O)N[C@H](C)c1ccccn1. The molecule has 0 aliphatic rings. The number of aromatic nitrogens is 1. The van der Waals surface area contributed by atoms with Crippen LogP contribution in [0, 0.1) is 6.92 Å². The first-order valence-electron chi connectivity index (χ1n) is 6.31. The first kappa shape index (κ1) is 14.5. The second-order valence-electron chi connectivity index (χ2n) is 4.53. The van der Waals surface area contributed by atoms with Crippen LogP contribution in [-0.2, 0) is 0 Å². The smallest absolute Gasteiger partial charge is 0.319 e. The Balaban J connectivity index is 1.99.